The van der Waals surface area contributed by atoms with Gasteiger partial charge in [-0.2, -0.15) is 5.26 Å². The van der Waals surface area contributed by atoms with Crippen LogP contribution in [0.2, 0.25) is 0 Å². The minimum absolute atomic E-state index is 0.654. The third-order valence-corrected chi connectivity index (χ3v) is 2.48. The van der Waals surface area contributed by atoms with E-state index in [9.17, 15) is 0 Å². The van der Waals surface area contributed by atoms with Crippen LogP contribution in [0.4, 0.5) is 5.69 Å². The van der Waals surface area contributed by atoms with Crippen LogP contribution < -0.4 is 0 Å². The molecule has 0 saturated heterocycles. The minimum atomic E-state index is 0.654. The molecule has 2 rings (SSSR count). The Bertz CT molecular complexity index is 560. The fourth-order valence-corrected chi connectivity index (χ4v) is 1.55. The van der Waals surface area contributed by atoms with Gasteiger partial charge in [0.15, 0.2) is 0 Å². The Labute approximate surface area is 101 Å². The summed E-state index contributed by atoms with van der Waals surface area (Å²) in [6.45, 7) is 1.98. The highest BCUT2D eigenvalue weighted by Gasteiger charge is 1.96. The molecule has 0 atom stereocenters. The fraction of sp³-hybridized carbons (Fsp3) is 0.0667. The van der Waals surface area contributed by atoms with Crippen LogP contribution in [0.1, 0.15) is 18.1 Å². The van der Waals surface area contributed by atoms with E-state index in [-0.39, 0.29) is 0 Å². The minimum Gasteiger partial charge on any atom is -0.253 e. The van der Waals surface area contributed by atoms with E-state index in [2.05, 4.69) is 11.1 Å². The molecule has 0 fully saturated rings. The quantitative estimate of drug-likeness (QED) is 0.711. The molecule has 2 aromatic rings. The summed E-state index contributed by atoms with van der Waals surface area (Å²) >= 11 is 0. The molecule has 2 aromatic carbocycles. The van der Waals surface area contributed by atoms with Gasteiger partial charge >= 0.3 is 0 Å². The Morgan fingerprint density at radius 2 is 1.65 bits per heavy atom. The van der Waals surface area contributed by atoms with Gasteiger partial charge in [-0.1, -0.05) is 30.3 Å². The second-order valence-electron chi connectivity index (χ2n) is 3.72. The van der Waals surface area contributed by atoms with Crippen molar-refractivity contribution in [3.05, 3.63) is 65.7 Å². The predicted octanol–water partition coefficient (Wildman–Crippen LogP) is 3.70. The molecule has 0 saturated carbocycles. The molecular weight excluding hydrogens is 208 g/mol. The summed E-state index contributed by atoms with van der Waals surface area (Å²) in [7, 11) is 0. The number of nitriles is 1. The molecule has 2 nitrogen and oxygen atoms in total. The molecule has 0 unspecified atom stereocenters. The summed E-state index contributed by atoms with van der Waals surface area (Å²) in [6.07, 6.45) is 0. The van der Waals surface area contributed by atoms with Gasteiger partial charge in [0.2, 0.25) is 0 Å². The maximum atomic E-state index is 8.70. The van der Waals surface area contributed by atoms with Gasteiger partial charge in [0.1, 0.15) is 0 Å². The molecule has 0 heterocycles. The zero-order valence-electron chi connectivity index (χ0n) is 9.59. The number of hydrogen-bond acceptors (Lipinski definition) is 2. The first-order valence-corrected chi connectivity index (χ1v) is 5.40. The van der Waals surface area contributed by atoms with E-state index < -0.39 is 0 Å². The van der Waals surface area contributed by atoms with Crippen molar-refractivity contribution in [2.75, 3.05) is 0 Å². The van der Waals surface area contributed by atoms with Crippen LogP contribution in [0.25, 0.3) is 0 Å². The van der Waals surface area contributed by atoms with Gasteiger partial charge in [-0.25, -0.2) is 0 Å². The van der Waals surface area contributed by atoms with Gasteiger partial charge < -0.3 is 0 Å². The highest BCUT2D eigenvalue weighted by molar-refractivity contribution is 6.00. The topological polar surface area (TPSA) is 36.1 Å². The molecule has 0 N–H and O–H groups in total. The molecule has 0 aliphatic carbocycles. The summed E-state index contributed by atoms with van der Waals surface area (Å²) in [6, 6.07) is 19.4. The molecule has 82 valence electrons. The Hall–Kier alpha value is -2.40. The van der Waals surface area contributed by atoms with Crippen LogP contribution in [-0.4, -0.2) is 5.71 Å². The third-order valence-electron chi connectivity index (χ3n) is 2.48. The van der Waals surface area contributed by atoms with E-state index in [0.29, 0.717) is 5.56 Å². The molecule has 0 aliphatic heterocycles. The lowest BCUT2D eigenvalue weighted by molar-refractivity contribution is 1.44. The van der Waals surface area contributed by atoms with Crippen molar-refractivity contribution >= 4 is 11.4 Å². The number of benzene rings is 2. The molecule has 0 bridgehead atoms. The van der Waals surface area contributed by atoms with Gasteiger partial charge in [0.25, 0.3) is 0 Å². The second-order valence-corrected chi connectivity index (χ2v) is 3.72. The summed E-state index contributed by atoms with van der Waals surface area (Å²) < 4.78 is 0. The van der Waals surface area contributed by atoms with Crippen molar-refractivity contribution in [3.8, 4) is 6.07 Å². The Kier molecular flexibility index (Phi) is 3.32. The van der Waals surface area contributed by atoms with Crippen molar-refractivity contribution in [2.24, 2.45) is 4.99 Å². The standard InChI is InChI=1S/C15H12N2/c1-12(14-5-3-2-4-6-14)17-15-9-7-13(11-16)8-10-15/h2-10H,1H3. The summed E-state index contributed by atoms with van der Waals surface area (Å²) in [5, 5.41) is 8.70. The van der Waals surface area contributed by atoms with Crippen molar-refractivity contribution in [2.45, 2.75) is 6.92 Å². The van der Waals surface area contributed by atoms with Crippen LogP contribution in [0.5, 0.6) is 0 Å². The largest absolute Gasteiger partial charge is 0.253 e. The van der Waals surface area contributed by atoms with E-state index in [0.717, 1.165) is 17.0 Å². The second kappa shape index (κ2) is 5.09. The monoisotopic (exact) mass is 220 g/mol. The third kappa shape index (κ3) is 2.79. The normalized spacial score (nSPS) is 10.9. The number of rotatable bonds is 2. The summed E-state index contributed by atoms with van der Waals surface area (Å²) in [5.41, 5.74) is 3.60. The van der Waals surface area contributed by atoms with Crippen molar-refractivity contribution < 1.29 is 0 Å². The maximum Gasteiger partial charge on any atom is 0.0991 e. The van der Waals surface area contributed by atoms with Crippen molar-refractivity contribution in [3.63, 3.8) is 0 Å². The van der Waals surface area contributed by atoms with E-state index in [1.807, 2.05) is 49.4 Å². The first-order valence-electron chi connectivity index (χ1n) is 5.40. The highest BCUT2D eigenvalue weighted by Crippen LogP contribution is 2.14. The van der Waals surface area contributed by atoms with E-state index >= 15 is 0 Å². The fourth-order valence-electron chi connectivity index (χ4n) is 1.55. The molecule has 2 heteroatoms. The van der Waals surface area contributed by atoms with E-state index in [1.54, 1.807) is 12.1 Å². The van der Waals surface area contributed by atoms with Crippen LogP contribution in [0.3, 0.4) is 0 Å². The zero-order valence-corrected chi connectivity index (χ0v) is 9.59. The van der Waals surface area contributed by atoms with E-state index in [4.69, 9.17) is 5.26 Å². The molecule has 0 spiro atoms. The van der Waals surface area contributed by atoms with Crippen LogP contribution in [0.15, 0.2) is 59.6 Å². The van der Waals surface area contributed by atoms with Crippen molar-refractivity contribution in [1.29, 1.82) is 5.26 Å². The van der Waals surface area contributed by atoms with Gasteiger partial charge in [-0.3, -0.25) is 4.99 Å². The van der Waals surface area contributed by atoms with Crippen LogP contribution in [0, 0.1) is 11.3 Å². The molecule has 0 amide bonds. The Balaban J connectivity index is 2.27. The lowest BCUT2D eigenvalue weighted by Crippen LogP contribution is -1.92. The molecule has 0 radical (unpaired) electrons. The number of nitrogens with zero attached hydrogens (tertiary/aromatic N) is 2. The molecule has 0 aliphatic rings. The predicted molar refractivity (Wildman–Crippen MR) is 69.5 cm³/mol. The van der Waals surface area contributed by atoms with E-state index in [1.165, 1.54) is 0 Å². The molecular formula is C15H12N2. The lowest BCUT2D eigenvalue weighted by Gasteiger charge is -2.00. The molecule has 0 aromatic heterocycles. The number of hydrogen-bond donors (Lipinski definition) is 0. The SMILES string of the molecule is CC(=Nc1ccc(C#N)cc1)c1ccccc1. The van der Waals surface area contributed by atoms with Crippen molar-refractivity contribution in [1.82, 2.24) is 0 Å². The first-order chi connectivity index (χ1) is 8.29. The molecule has 17 heavy (non-hydrogen) atoms. The highest BCUT2D eigenvalue weighted by atomic mass is 14.7. The summed E-state index contributed by atoms with van der Waals surface area (Å²) in [5.74, 6) is 0. The lowest BCUT2D eigenvalue weighted by atomic mass is 10.1. The summed E-state index contributed by atoms with van der Waals surface area (Å²) in [4.78, 5) is 4.51. The Morgan fingerprint density at radius 1 is 1.00 bits per heavy atom. The average Bonchev–Trinajstić information content (AvgIpc) is 2.40. The number of aliphatic imine (C=N–C) groups is 1. The van der Waals surface area contributed by atoms with Gasteiger partial charge in [0.05, 0.1) is 17.3 Å². The van der Waals surface area contributed by atoms with Crippen LogP contribution in [-0.2, 0) is 0 Å². The van der Waals surface area contributed by atoms with Gasteiger partial charge in [-0.05, 0) is 36.8 Å². The average molecular weight is 220 g/mol. The van der Waals surface area contributed by atoms with Gasteiger partial charge in [-0.15, -0.1) is 0 Å². The zero-order chi connectivity index (χ0) is 12.1. The van der Waals surface area contributed by atoms with Gasteiger partial charge in [0, 0.05) is 5.71 Å². The van der Waals surface area contributed by atoms with Crippen LogP contribution >= 0.6 is 0 Å². The maximum absolute atomic E-state index is 8.70. The first kappa shape index (κ1) is 11.1. The smallest absolute Gasteiger partial charge is 0.0991 e. The Morgan fingerprint density at radius 3 is 2.24 bits per heavy atom.